The maximum absolute atomic E-state index is 11.7. The lowest BCUT2D eigenvalue weighted by atomic mass is 10.0. The zero-order valence-corrected chi connectivity index (χ0v) is 11.8. The zero-order chi connectivity index (χ0) is 14.2. The van der Waals surface area contributed by atoms with E-state index in [2.05, 4.69) is 0 Å². The van der Waals surface area contributed by atoms with Gasteiger partial charge in [-0.1, -0.05) is 29.3 Å². The highest BCUT2D eigenvalue weighted by molar-refractivity contribution is 6.42. The molecule has 1 fully saturated rings. The Hall–Kier alpha value is -1.26. The molecule has 0 bridgehead atoms. The van der Waals surface area contributed by atoms with Crippen LogP contribution in [-0.2, 0) is 9.59 Å². The van der Waals surface area contributed by atoms with Gasteiger partial charge < -0.3 is 10.0 Å². The molecule has 1 unspecified atom stereocenters. The normalized spacial score (nSPS) is 15.9. The van der Waals surface area contributed by atoms with Crippen LogP contribution in [0.15, 0.2) is 18.2 Å². The van der Waals surface area contributed by atoms with Gasteiger partial charge in [-0.3, -0.25) is 4.79 Å². The molecule has 102 valence electrons. The molecule has 0 radical (unpaired) electrons. The summed E-state index contributed by atoms with van der Waals surface area (Å²) in [6.07, 6.45) is 1.68. The molecule has 2 rings (SSSR count). The van der Waals surface area contributed by atoms with E-state index in [1.54, 1.807) is 12.1 Å². The number of carbonyl (C=O) groups is 2. The first-order valence-corrected chi connectivity index (χ1v) is 6.64. The monoisotopic (exact) mass is 301 g/mol. The van der Waals surface area contributed by atoms with Gasteiger partial charge in [-0.15, -0.1) is 0 Å². The quantitative estimate of drug-likeness (QED) is 0.929. The van der Waals surface area contributed by atoms with Gasteiger partial charge in [-0.2, -0.15) is 0 Å². The van der Waals surface area contributed by atoms with E-state index in [0.29, 0.717) is 10.6 Å². The van der Waals surface area contributed by atoms with Crippen molar-refractivity contribution in [1.82, 2.24) is 4.90 Å². The molecule has 0 saturated heterocycles. The first kappa shape index (κ1) is 14.2. The van der Waals surface area contributed by atoms with Gasteiger partial charge in [0.25, 0.3) is 0 Å². The van der Waals surface area contributed by atoms with Crippen molar-refractivity contribution in [1.29, 1.82) is 0 Å². The Labute approximate surface area is 120 Å². The van der Waals surface area contributed by atoms with E-state index in [1.807, 2.05) is 0 Å². The standard InChI is InChI=1S/C13H13Cl2NO3/c1-7(17)16(9-3-4-9)12(13(18)19)8-2-5-10(14)11(15)6-8/h2,5-6,9,12H,3-4H2,1H3,(H,18,19). The molecule has 0 aromatic heterocycles. The number of carbonyl (C=O) groups excluding carboxylic acids is 1. The summed E-state index contributed by atoms with van der Waals surface area (Å²) >= 11 is 11.7. The van der Waals surface area contributed by atoms with E-state index >= 15 is 0 Å². The second-order valence-electron chi connectivity index (χ2n) is 4.57. The van der Waals surface area contributed by atoms with Crippen LogP contribution >= 0.6 is 23.2 Å². The highest BCUT2D eigenvalue weighted by Gasteiger charge is 2.40. The SMILES string of the molecule is CC(=O)N(C1CC1)C(C(=O)O)c1ccc(Cl)c(Cl)c1. The van der Waals surface area contributed by atoms with Crippen LogP contribution in [0.3, 0.4) is 0 Å². The molecule has 1 atom stereocenters. The number of nitrogens with zero attached hydrogens (tertiary/aromatic N) is 1. The molecule has 4 nitrogen and oxygen atoms in total. The van der Waals surface area contributed by atoms with Crippen molar-refractivity contribution in [3.05, 3.63) is 33.8 Å². The first-order chi connectivity index (χ1) is 8.91. The third kappa shape index (κ3) is 3.01. The highest BCUT2D eigenvalue weighted by Crippen LogP contribution is 2.36. The summed E-state index contributed by atoms with van der Waals surface area (Å²) in [5.74, 6) is -1.32. The maximum atomic E-state index is 11.7. The summed E-state index contributed by atoms with van der Waals surface area (Å²) in [6.45, 7) is 1.38. The number of benzene rings is 1. The minimum absolute atomic E-state index is 0.00746. The molecular formula is C13H13Cl2NO3. The van der Waals surface area contributed by atoms with Crippen molar-refractivity contribution in [2.75, 3.05) is 0 Å². The maximum Gasteiger partial charge on any atom is 0.331 e. The zero-order valence-electron chi connectivity index (χ0n) is 10.3. The average Bonchev–Trinajstić information content (AvgIpc) is 3.12. The summed E-state index contributed by atoms with van der Waals surface area (Å²) in [5, 5.41) is 10.1. The van der Waals surface area contributed by atoms with Crippen molar-refractivity contribution >= 4 is 35.1 Å². The lowest BCUT2D eigenvalue weighted by Crippen LogP contribution is -2.39. The van der Waals surface area contributed by atoms with Crippen LogP contribution in [0.2, 0.25) is 10.0 Å². The smallest absolute Gasteiger partial charge is 0.331 e. The summed E-state index contributed by atoms with van der Waals surface area (Å²) in [6, 6.07) is 3.62. The van der Waals surface area contributed by atoms with Gasteiger partial charge in [0.05, 0.1) is 10.0 Å². The summed E-state index contributed by atoms with van der Waals surface area (Å²) in [7, 11) is 0. The van der Waals surface area contributed by atoms with Gasteiger partial charge in [-0.05, 0) is 30.5 Å². The fourth-order valence-electron chi connectivity index (χ4n) is 2.11. The van der Waals surface area contributed by atoms with E-state index in [9.17, 15) is 14.7 Å². The van der Waals surface area contributed by atoms with Crippen LogP contribution in [0.5, 0.6) is 0 Å². The number of hydrogen-bond donors (Lipinski definition) is 1. The Morgan fingerprint density at radius 2 is 1.95 bits per heavy atom. The molecule has 1 aliphatic rings. The molecule has 1 amide bonds. The largest absolute Gasteiger partial charge is 0.479 e. The van der Waals surface area contributed by atoms with Gasteiger partial charge in [0.2, 0.25) is 5.91 Å². The summed E-state index contributed by atoms with van der Waals surface area (Å²) in [5.41, 5.74) is 0.462. The molecule has 1 saturated carbocycles. The molecule has 0 heterocycles. The molecule has 1 aliphatic carbocycles. The molecule has 19 heavy (non-hydrogen) atoms. The average molecular weight is 302 g/mol. The number of halogens is 2. The second kappa shape index (κ2) is 5.39. The van der Waals surface area contributed by atoms with Crippen molar-refractivity contribution in [2.24, 2.45) is 0 Å². The summed E-state index contributed by atoms with van der Waals surface area (Å²) < 4.78 is 0. The van der Waals surface area contributed by atoms with Crippen molar-refractivity contribution in [2.45, 2.75) is 31.8 Å². The third-order valence-corrected chi connectivity index (χ3v) is 3.81. The Morgan fingerprint density at radius 1 is 1.32 bits per heavy atom. The van der Waals surface area contributed by atoms with Crippen LogP contribution < -0.4 is 0 Å². The van der Waals surface area contributed by atoms with Gasteiger partial charge in [0, 0.05) is 13.0 Å². The van der Waals surface area contributed by atoms with Gasteiger partial charge in [0.15, 0.2) is 6.04 Å². The van der Waals surface area contributed by atoms with Crippen LogP contribution in [-0.4, -0.2) is 27.9 Å². The lowest BCUT2D eigenvalue weighted by molar-refractivity contribution is -0.150. The van der Waals surface area contributed by atoms with Crippen molar-refractivity contribution in [3.8, 4) is 0 Å². The number of rotatable bonds is 4. The van der Waals surface area contributed by atoms with Gasteiger partial charge in [0.1, 0.15) is 0 Å². The van der Waals surface area contributed by atoms with E-state index in [1.165, 1.54) is 17.9 Å². The Bertz CT molecular complexity index is 529. The van der Waals surface area contributed by atoms with Crippen LogP contribution in [0.1, 0.15) is 31.4 Å². The molecule has 1 aromatic rings. The second-order valence-corrected chi connectivity index (χ2v) is 5.39. The fourth-order valence-corrected chi connectivity index (χ4v) is 2.41. The van der Waals surface area contributed by atoms with E-state index < -0.39 is 12.0 Å². The molecule has 6 heteroatoms. The summed E-state index contributed by atoms with van der Waals surface area (Å²) in [4.78, 5) is 24.6. The van der Waals surface area contributed by atoms with Crippen molar-refractivity contribution in [3.63, 3.8) is 0 Å². The van der Waals surface area contributed by atoms with Crippen molar-refractivity contribution < 1.29 is 14.7 Å². The minimum atomic E-state index is -1.07. The Kier molecular flexibility index (Phi) is 4.02. The minimum Gasteiger partial charge on any atom is -0.479 e. The number of hydrogen-bond acceptors (Lipinski definition) is 2. The number of carboxylic acids is 1. The highest BCUT2D eigenvalue weighted by atomic mass is 35.5. The third-order valence-electron chi connectivity index (χ3n) is 3.08. The Morgan fingerprint density at radius 3 is 2.37 bits per heavy atom. The van der Waals surface area contributed by atoms with Crippen LogP contribution in [0.25, 0.3) is 0 Å². The number of aliphatic carboxylic acids is 1. The van der Waals surface area contributed by atoms with E-state index in [0.717, 1.165) is 12.8 Å². The molecule has 0 spiro atoms. The first-order valence-electron chi connectivity index (χ1n) is 5.88. The fraction of sp³-hybridized carbons (Fsp3) is 0.385. The molecule has 1 aromatic carbocycles. The number of carboxylic acid groups (broad SMARTS) is 1. The van der Waals surface area contributed by atoms with Gasteiger partial charge >= 0.3 is 5.97 Å². The Balaban J connectivity index is 2.41. The molecular weight excluding hydrogens is 289 g/mol. The number of amides is 1. The van der Waals surface area contributed by atoms with E-state index in [4.69, 9.17) is 23.2 Å². The van der Waals surface area contributed by atoms with Crippen LogP contribution in [0, 0.1) is 0 Å². The van der Waals surface area contributed by atoms with Gasteiger partial charge in [-0.25, -0.2) is 4.79 Å². The lowest BCUT2D eigenvalue weighted by Gasteiger charge is -2.28. The molecule has 1 N–H and O–H groups in total. The topological polar surface area (TPSA) is 57.6 Å². The van der Waals surface area contributed by atoms with Crippen LogP contribution in [0.4, 0.5) is 0 Å². The predicted molar refractivity (Wildman–Crippen MR) is 72.4 cm³/mol. The van der Waals surface area contributed by atoms with E-state index in [-0.39, 0.29) is 17.0 Å². The molecule has 0 aliphatic heterocycles. The predicted octanol–water partition coefficient (Wildman–Crippen LogP) is 3.13.